The molecule has 1 heterocycles. The van der Waals surface area contributed by atoms with Crippen molar-refractivity contribution in [1.29, 1.82) is 0 Å². The fourth-order valence-corrected chi connectivity index (χ4v) is 1.89. The van der Waals surface area contributed by atoms with Gasteiger partial charge in [-0.1, -0.05) is 18.1 Å². The van der Waals surface area contributed by atoms with Gasteiger partial charge in [-0.3, -0.25) is 4.72 Å². The summed E-state index contributed by atoms with van der Waals surface area (Å²) < 4.78 is 3.13. The fourth-order valence-electron chi connectivity index (χ4n) is 1.43. The summed E-state index contributed by atoms with van der Waals surface area (Å²) in [5, 5.41) is 0. The Labute approximate surface area is 78.0 Å². The number of hydrogen-bond donors (Lipinski definition) is 2. The van der Waals surface area contributed by atoms with Crippen LogP contribution in [-0.4, -0.2) is 31.1 Å². The smallest absolute Gasteiger partial charge is 0.0194 e. The number of rotatable bonds is 4. The highest BCUT2D eigenvalue weighted by molar-refractivity contribution is 8.67. The number of piperidine rings is 1. The van der Waals surface area contributed by atoms with E-state index in [4.69, 9.17) is 0 Å². The summed E-state index contributed by atoms with van der Waals surface area (Å²) in [6.07, 6.45) is 4.19. The van der Waals surface area contributed by atoms with E-state index in [1.807, 2.05) is 0 Å². The number of likely N-dealkylation sites (tertiary alicyclic amines) is 1. The predicted octanol–water partition coefficient (Wildman–Crippen LogP) is 1.55. The Bertz CT molecular complexity index is 94.4. The van der Waals surface area contributed by atoms with E-state index in [2.05, 4.69) is 21.3 Å². The van der Waals surface area contributed by atoms with Crippen LogP contribution in [0.15, 0.2) is 0 Å². The fraction of sp³-hybridized carbons (Fsp3) is 1.00. The maximum absolute atomic E-state index is 4.01. The van der Waals surface area contributed by atoms with Crippen LogP contribution in [0.3, 0.4) is 0 Å². The largest absolute Gasteiger partial charge is 0.302 e. The van der Waals surface area contributed by atoms with Crippen LogP contribution in [0.2, 0.25) is 0 Å². The zero-order valence-corrected chi connectivity index (χ0v) is 8.46. The van der Waals surface area contributed by atoms with E-state index >= 15 is 0 Å². The highest BCUT2D eigenvalue weighted by Gasteiger charge is 2.08. The van der Waals surface area contributed by atoms with Crippen LogP contribution in [0, 0.1) is 0 Å². The van der Waals surface area contributed by atoms with Crippen molar-refractivity contribution in [3.63, 3.8) is 0 Å². The van der Waals surface area contributed by atoms with Crippen LogP contribution in [0.25, 0.3) is 0 Å². The van der Waals surface area contributed by atoms with Crippen molar-refractivity contribution in [2.75, 3.05) is 26.2 Å². The molecule has 0 aromatic rings. The molecule has 0 atom stereocenters. The minimum absolute atomic E-state index is 1.05. The molecule has 0 bridgehead atoms. The summed E-state index contributed by atoms with van der Waals surface area (Å²) in [6, 6.07) is 0. The lowest BCUT2D eigenvalue weighted by molar-refractivity contribution is 0.233. The van der Waals surface area contributed by atoms with Gasteiger partial charge in [-0.2, -0.15) is 0 Å². The third kappa shape index (κ3) is 4.25. The van der Waals surface area contributed by atoms with Gasteiger partial charge in [0.2, 0.25) is 0 Å². The van der Waals surface area contributed by atoms with Crippen molar-refractivity contribution < 1.29 is 0 Å². The summed E-state index contributed by atoms with van der Waals surface area (Å²) in [7, 11) is 1.41. The molecule has 1 saturated heterocycles. The summed E-state index contributed by atoms with van der Waals surface area (Å²) >= 11 is 4.01. The second-order valence-corrected chi connectivity index (χ2v) is 3.91. The number of thiol groups is 1. The molecule has 11 heavy (non-hydrogen) atoms. The molecule has 0 radical (unpaired) electrons. The maximum Gasteiger partial charge on any atom is 0.0194 e. The first-order valence-corrected chi connectivity index (χ1v) is 6.06. The normalized spacial score (nSPS) is 20.5. The SMILES string of the molecule is SSNCCN1CCCCC1. The third-order valence-electron chi connectivity index (χ3n) is 2.04. The summed E-state index contributed by atoms with van der Waals surface area (Å²) in [4.78, 5) is 2.51. The summed E-state index contributed by atoms with van der Waals surface area (Å²) in [6.45, 7) is 4.81. The second kappa shape index (κ2) is 6.17. The monoisotopic (exact) mass is 192 g/mol. The Hall–Kier alpha value is 0.620. The van der Waals surface area contributed by atoms with E-state index in [0.29, 0.717) is 0 Å². The van der Waals surface area contributed by atoms with E-state index in [-0.39, 0.29) is 0 Å². The van der Waals surface area contributed by atoms with Gasteiger partial charge in [-0.25, -0.2) is 0 Å². The van der Waals surface area contributed by atoms with E-state index in [9.17, 15) is 0 Å². The maximum atomic E-state index is 4.01. The molecule has 0 amide bonds. The predicted molar refractivity (Wildman–Crippen MR) is 54.9 cm³/mol. The van der Waals surface area contributed by atoms with Crippen molar-refractivity contribution in [3.8, 4) is 0 Å². The van der Waals surface area contributed by atoms with Gasteiger partial charge >= 0.3 is 0 Å². The quantitative estimate of drug-likeness (QED) is 0.304. The number of hydrogen-bond acceptors (Lipinski definition) is 4. The lowest BCUT2D eigenvalue weighted by Crippen LogP contribution is -2.34. The van der Waals surface area contributed by atoms with Gasteiger partial charge < -0.3 is 4.90 Å². The molecule has 2 nitrogen and oxygen atoms in total. The standard InChI is InChI=1S/C7H16N2S2/c10-11-8-4-7-9-5-2-1-3-6-9/h8,10H,1-7H2. The molecule has 0 saturated carbocycles. The Morgan fingerprint density at radius 2 is 2.00 bits per heavy atom. The van der Waals surface area contributed by atoms with E-state index in [1.54, 1.807) is 0 Å². The van der Waals surface area contributed by atoms with Crippen molar-refractivity contribution >= 4 is 22.6 Å². The number of nitrogens with zero attached hydrogens (tertiary/aromatic N) is 1. The van der Waals surface area contributed by atoms with Crippen molar-refractivity contribution in [3.05, 3.63) is 0 Å². The minimum atomic E-state index is 1.05. The zero-order valence-electron chi connectivity index (χ0n) is 6.75. The minimum Gasteiger partial charge on any atom is -0.302 e. The molecule has 1 N–H and O–H groups in total. The van der Waals surface area contributed by atoms with Gasteiger partial charge in [0.25, 0.3) is 0 Å². The first kappa shape index (κ1) is 9.71. The first-order valence-electron chi connectivity index (χ1n) is 4.19. The summed E-state index contributed by atoms with van der Waals surface area (Å²) in [5.74, 6) is 0. The molecule has 0 unspecified atom stereocenters. The van der Waals surface area contributed by atoms with Crippen LogP contribution in [-0.2, 0) is 0 Å². The summed E-state index contributed by atoms with van der Waals surface area (Å²) in [5.41, 5.74) is 0. The van der Waals surface area contributed by atoms with Crippen LogP contribution >= 0.6 is 22.6 Å². The van der Waals surface area contributed by atoms with Gasteiger partial charge in [0.1, 0.15) is 0 Å². The average molecular weight is 192 g/mol. The van der Waals surface area contributed by atoms with Gasteiger partial charge in [0.15, 0.2) is 0 Å². The van der Waals surface area contributed by atoms with Crippen molar-refractivity contribution in [2.45, 2.75) is 19.3 Å². The Balaban J connectivity index is 1.96. The second-order valence-electron chi connectivity index (χ2n) is 2.89. The highest BCUT2D eigenvalue weighted by Crippen LogP contribution is 2.07. The average Bonchev–Trinajstić information content (AvgIpc) is 2.07. The molecule has 1 aliphatic heterocycles. The molecule has 0 aromatic carbocycles. The van der Waals surface area contributed by atoms with Crippen LogP contribution in [0.5, 0.6) is 0 Å². The number of nitrogens with one attached hydrogen (secondary N) is 1. The van der Waals surface area contributed by atoms with Gasteiger partial charge in [-0.15, -0.1) is 0 Å². The molecule has 1 aliphatic rings. The Morgan fingerprint density at radius 1 is 1.27 bits per heavy atom. The third-order valence-corrected chi connectivity index (χ3v) is 2.76. The van der Waals surface area contributed by atoms with Crippen LogP contribution < -0.4 is 4.72 Å². The van der Waals surface area contributed by atoms with Crippen LogP contribution in [0.4, 0.5) is 0 Å². The van der Waals surface area contributed by atoms with Crippen LogP contribution in [0.1, 0.15) is 19.3 Å². The van der Waals surface area contributed by atoms with Gasteiger partial charge in [0, 0.05) is 13.1 Å². The molecular weight excluding hydrogens is 176 g/mol. The lowest BCUT2D eigenvalue weighted by Gasteiger charge is -2.25. The van der Waals surface area contributed by atoms with Crippen molar-refractivity contribution in [1.82, 2.24) is 9.62 Å². The molecular formula is C7H16N2S2. The molecule has 0 spiro atoms. The lowest BCUT2D eigenvalue weighted by atomic mass is 10.1. The van der Waals surface area contributed by atoms with E-state index < -0.39 is 0 Å². The first-order chi connectivity index (χ1) is 5.43. The Kier molecular flexibility index (Phi) is 5.45. The molecule has 4 heteroatoms. The van der Waals surface area contributed by atoms with E-state index in [0.717, 1.165) is 6.54 Å². The van der Waals surface area contributed by atoms with E-state index in [1.165, 1.54) is 49.9 Å². The highest BCUT2D eigenvalue weighted by atomic mass is 33.1. The van der Waals surface area contributed by atoms with Crippen molar-refractivity contribution in [2.24, 2.45) is 0 Å². The topological polar surface area (TPSA) is 15.3 Å². The molecule has 0 aliphatic carbocycles. The zero-order chi connectivity index (χ0) is 7.94. The Morgan fingerprint density at radius 3 is 2.64 bits per heavy atom. The molecule has 0 aromatic heterocycles. The van der Waals surface area contributed by atoms with Gasteiger partial charge in [-0.05, 0) is 36.9 Å². The molecule has 1 rings (SSSR count). The molecule has 1 fully saturated rings. The van der Waals surface area contributed by atoms with Gasteiger partial charge in [0.05, 0.1) is 0 Å². The molecule has 66 valence electrons.